The highest BCUT2D eigenvalue weighted by molar-refractivity contribution is 6.88. The summed E-state index contributed by atoms with van der Waals surface area (Å²) in [6.07, 6.45) is 0. The lowest BCUT2D eigenvalue weighted by Gasteiger charge is -2.26. The van der Waals surface area contributed by atoms with Gasteiger partial charge in [0, 0.05) is 123 Å². The number of benzene rings is 21. The van der Waals surface area contributed by atoms with Crippen molar-refractivity contribution in [1.29, 1.82) is 0 Å². The number of nitrogens with zero attached hydrogens (tertiary/aromatic N) is 4. The molecule has 0 aliphatic heterocycles. The van der Waals surface area contributed by atoms with Gasteiger partial charge in [-0.15, -0.1) is 0 Å². The van der Waals surface area contributed by atoms with E-state index < -0.39 is 8.07 Å². The van der Waals surface area contributed by atoms with E-state index in [4.69, 9.17) is 17.7 Å². The van der Waals surface area contributed by atoms with E-state index in [1.807, 2.05) is 24.3 Å². The smallest absolute Gasteiger partial charge is 0.159 e. The predicted molar refractivity (Wildman–Crippen MR) is 542 cm³/mol. The van der Waals surface area contributed by atoms with Crippen LogP contribution >= 0.6 is 0 Å². The fourth-order valence-corrected chi connectivity index (χ4v) is 20.6. The van der Waals surface area contributed by atoms with Crippen molar-refractivity contribution in [3.63, 3.8) is 0 Å². The largest absolute Gasteiger partial charge is 0.455 e. The number of para-hydroxylation sites is 8. The molecule has 0 bridgehead atoms. The number of fused-ring (bicyclic) bond motifs is 23. The first kappa shape index (κ1) is 75.3. The maximum absolute atomic E-state index is 6.99. The maximum Gasteiger partial charge on any atom is 0.159 e. The fraction of sp³-hybridized carbons (Fsp3) is 0.0252. The Bertz CT molecular complexity index is 8620. The van der Waals surface area contributed by atoms with E-state index in [1.54, 1.807) is 0 Å². The van der Waals surface area contributed by atoms with Crippen molar-refractivity contribution in [2.75, 3.05) is 19.6 Å². The van der Waals surface area contributed by atoms with Crippen LogP contribution in [0.2, 0.25) is 19.6 Å². The summed E-state index contributed by atoms with van der Waals surface area (Å²) in [5.74, 6) is 0. The topological polar surface area (TPSA) is 65.5 Å². The van der Waals surface area contributed by atoms with Gasteiger partial charge in [-0.05, 0) is 235 Å². The number of rotatable bonds is 15. The van der Waals surface area contributed by atoms with Crippen LogP contribution in [0.25, 0.3) is 164 Å². The first-order chi connectivity index (χ1) is 63.1. The van der Waals surface area contributed by atoms with E-state index in [1.165, 1.54) is 42.9 Å². The number of hydrogen-bond acceptors (Lipinski definition) is 8. The van der Waals surface area contributed by atoms with Crippen LogP contribution in [-0.4, -0.2) is 8.07 Å². The molecule has 21 aromatic carbocycles. The van der Waals surface area contributed by atoms with E-state index >= 15 is 0 Å². The molecule has 0 atom stereocenters. The first-order valence-corrected chi connectivity index (χ1v) is 47.2. The molecular formula is C119H82N4O4Si. The summed E-state index contributed by atoms with van der Waals surface area (Å²) in [5.41, 5.74) is 24.3. The molecule has 8 nitrogen and oxygen atoms in total. The minimum absolute atomic E-state index is 0.854. The fourth-order valence-electron chi connectivity index (χ4n) is 19.4. The third kappa shape index (κ3) is 13.0. The normalized spacial score (nSPS) is 11.9. The minimum atomic E-state index is -1.45. The van der Waals surface area contributed by atoms with Gasteiger partial charge in [0.2, 0.25) is 0 Å². The average Bonchev–Trinajstić information content (AvgIpc) is 1.54. The maximum atomic E-state index is 6.99. The molecule has 0 unspecified atom stereocenters. The molecule has 0 amide bonds. The van der Waals surface area contributed by atoms with Gasteiger partial charge in [-0.2, -0.15) is 0 Å². The van der Waals surface area contributed by atoms with Crippen molar-refractivity contribution < 1.29 is 17.7 Å². The zero-order valence-corrected chi connectivity index (χ0v) is 71.6. The quantitative estimate of drug-likeness (QED) is 0.0743. The van der Waals surface area contributed by atoms with Crippen molar-refractivity contribution in [3.8, 4) is 22.3 Å². The molecule has 0 aliphatic carbocycles. The van der Waals surface area contributed by atoms with Gasteiger partial charge in [-0.3, -0.25) is 0 Å². The summed E-state index contributed by atoms with van der Waals surface area (Å²) >= 11 is 0. The van der Waals surface area contributed by atoms with Crippen molar-refractivity contribution in [2.45, 2.75) is 19.6 Å². The number of furan rings is 4. The highest BCUT2D eigenvalue weighted by atomic mass is 28.3. The third-order valence-electron chi connectivity index (χ3n) is 25.6. The zero-order valence-electron chi connectivity index (χ0n) is 70.6. The van der Waals surface area contributed by atoms with Gasteiger partial charge in [-0.1, -0.05) is 286 Å². The Morgan fingerprint density at radius 2 is 0.477 bits per heavy atom. The summed E-state index contributed by atoms with van der Waals surface area (Å²) in [5, 5.41) is 22.1. The van der Waals surface area contributed by atoms with Gasteiger partial charge in [0.15, 0.2) is 11.2 Å². The highest BCUT2D eigenvalue weighted by Gasteiger charge is 2.27. The van der Waals surface area contributed by atoms with Gasteiger partial charge in [0.1, 0.15) is 33.5 Å². The summed E-state index contributed by atoms with van der Waals surface area (Å²) in [6, 6.07) is 158. The Morgan fingerprint density at radius 3 is 0.922 bits per heavy atom. The predicted octanol–water partition coefficient (Wildman–Crippen LogP) is 34.5. The highest BCUT2D eigenvalue weighted by Crippen LogP contribution is 2.51. The molecule has 0 aliphatic rings. The van der Waals surface area contributed by atoms with Gasteiger partial charge in [0.25, 0.3) is 0 Å². The molecule has 25 rings (SSSR count). The van der Waals surface area contributed by atoms with Crippen LogP contribution in [0.4, 0.5) is 68.2 Å². The molecule has 4 heterocycles. The lowest BCUT2D eigenvalue weighted by atomic mass is 9.94. The van der Waals surface area contributed by atoms with E-state index in [9.17, 15) is 0 Å². The molecule has 0 N–H and O–H groups in total. The zero-order chi connectivity index (χ0) is 85.1. The van der Waals surface area contributed by atoms with E-state index in [0.717, 1.165) is 194 Å². The summed E-state index contributed by atoms with van der Waals surface area (Å²) < 4.78 is 27.1. The van der Waals surface area contributed by atoms with Crippen LogP contribution < -0.4 is 24.8 Å². The SMILES string of the molecule is C[Si](C)(C)c1ccc(N(c2ccccc2)c2ccc3c(c2)oc2c4ccc(-c5ccc(N(c6ccccc6)c6cccc7c6oc6ccccc67)cc5)cc4c4ccccc4c32)cc1.c1ccc(N(c2ccc3ccccc3c2)c2ccc3c(c2)oc2c4ccc(-c5ccc(N(c6ccccc6)c6cccc7c6oc6ccccc67)cc5)cc4c4ccccc4c32)cc1. The Labute approximate surface area is 740 Å². The first-order valence-electron chi connectivity index (χ1n) is 43.7. The minimum Gasteiger partial charge on any atom is -0.455 e. The van der Waals surface area contributed by atoms with Crippen molar-refractivity contribution in [1.82, 2.24) is 0 Å². The van der Waals surface area contributed by atoms with Crippen molar-refractivity contribution in [2.24, 2.45) is 0 Å². The monoisotopic (exact) mass is 1660 g/mol. The summed E-state index contributed by atoms with van der Waals surface area (Å²) in [7, 11) is -1.45. The number of anilines is 12. The van der Waals surface area contributed by atoms with E-state index in [-0.39, 0.29) is 0 Å². The molecule has 9 heteroatoms. The second-order valence-corrected chi connectivity index (χ2v) is 39.3. The van der Waals surface area contributed by atoms with Gasteiger partial charge < -0.3 is 37.3 Å². The standard InChI is InChI=1S/C60H38N2O2.C59H44N2O2Si/c1-3-16-43(17-4-1)61(46-32-28-39-14-7-8-15-41(39)36-46)47-33-35-53-57(38-47)64-60-52-34-29-42(37-54(52)48-20-9-10-22-50(48)58(53)60)40-26-30-45(31-27-40)62(44-18-5-2-6-19-44)55-24-13-23-51-49-21-11-12-25-56(49)63-59(51)55;1-64(2,3)46-33-30-43(31-34-46)60(41-15-6-4-7-16-41)45-32-36-52-56(38-45)63-59-51-35-27-40(37-53(51)47-19-10-11-21-49(47)57(52)59)39-25-28-44(29-26-39)61(42-17-8-5-9-18-42)54-23-14-22-50-48-20-12-13-24-55(48)62-58(50)54/h1-38H;4-38H,1-3H3. The number of hydrogen-bond donors (Lipinski definition) is 0. The molecule has 0 saturated heterocycles. The lowest BCUT2D eigenvalue weighted by Crippen LogP contribution is -2.37. The Morgan fingerprint density at radius 1 is 0.172 bits per heavy atom. The van der Waals surface area contributed by atoms with Gasteiger partial charge in [-0.25, -0.2) is 0 Å². The lowest BCUT2D eigenvalue weighted by molar-refractivity contribution is 0.668. The van der Waals surface area contributed by atoms with Crippen LogP contribution in [-0.2, 0) is 0 Å². The van der Waals surface area contributed by atoms with Gasteiger partial charge in [0.05, 0.1) is 19.4 Å². The second-order valence-electron chi connectivity index (χ2n) is 34.2. The van der Waals surface area contributed by atoms with E-state index in [0.29, 0.717) is 0 Å². The van der Waals surface area contributed by atoms with Crippen LogP contribution in [0.3, 0.4) is 0 Å². The molecule has 25 aromatic rings. The van der Waals surface area contributed by atoms with Crippen LogP contribution in [0.15, 0.2) is 461 Å². The second kappa shape index (κ2) is 30.8. The Hall–Kier alpha value is -16.5. The molecule has 0 fully saturated rings. The van der Waals surface area contributed by atoms with Crippen molar-refractivity contribution in [3.05, 3.63) is 443 Å². The average molecular weight is 1660 g/mol. The molecule has 0 saturated carbocycles. The molecule has 0 radical (unpaired) electrons. The summed E-state index contributed by atoms with van der Waals surface area (Å²) in [6.45, 7) is 7.18. The third-order valence-corrected chi connectivity index (χ3v) is 27.6. The van der Waals surface area contributed by atoms with Crippen LogP contribution in [0, 0.1) is 0 Å². The Balaban J connectivity index is 0.000000143. The van der Waals surface area contributed by atoms with Crippen LogP contribution in [0.5, 0.6) is 0 Å². The van der Waals surface area contributed by atoms with Gasteiger partial charge >= 0.3 is 0 Å². The van der Waals surface area contributed by atoms with Crippen molar-refractivity contribution >= 4 is 223 Å². The Kier molecular flexibility index (Phi) is 18.1. The molecule has 4 aromatic heterocycles. The van der Waals surface area contributed by atoms with E-state index in [2.05, 4.69) is 458 Å². The summed E-state index contributed by atoms with van der Waals surface area (Å²) in [4.78, 5) is 9.21. The molecular weight excluding hydrogens is 1580 g/mol. The molecule has 128 heavy (non-hydrogen) atoms. The molecule has 0 spiro atoms. The van der Waals surface area contributed by atoms with Crippen LogP contribution in [0.1, 0.15) is 0 Å². The molecule has 606 valence electrons.